The fourth-order valence-electron chi connectivity index (χ4n) is 10.6. The lowest BCUT2D eigenvalue weighted by molar-refractivity contribution is 1.05. The first-order valence-corrected chi connectivity index (χ1v) is 23.4. The Kier molecular flexibility index (Phi) is 8.79. The van der Waals surface area contributed by atoms with Gasteiger partial charge in [0.2, 0.25) is 0 Å². The molecule has 6 heteroatoms. The van der Waals surface area contributed by atoms with Gasteiger partial charge in [0.15, 0.2) is 17.5 Å². The minimum Gasteiger partial charge on any atom is -0.307 e. The Morgan fingerprint density at radius 3 is 0.812 bits per heavy atom. The molecule has 6 nitrogen and oxygen atoms in total. The van der Waals surface area contributed by atoms with Crippen molar-refractivity contribution in [3.63, 3.8) is 0 Å². The van der Waals surface area contributed by atoms with Crippen LogP contribution in [0.1, 0.15) is 0 Å². The highest BCUT2D eigenvalue weighted by Crippen LogP contribution is 2.45. The number of para-hydroxylation sites is 6. The van der Waals surface area contributed by atoms with Crippen LogP contribution in [0.4, 0.5) is 0 Å². The molecule has 0 fully saturated rings. The molecule has 10 aromatic carbocycles. The average molecular weight is 881 g/mol. The smallest absolute Gasteiger partial charge is 0.164 e. The molecule has 0 aliphatic rings. The summed E-state index contributed by atoms with van der Waals surface area (Å²) in [5.41, 5.74) is 15.0. The van der Waals surface area contributed by atoms with Gasteiger partial charge in [-0.25, -0.2) is 15.0 Å². The lowest BCUT2D eigenvalue weighted by Gasteiger charge is -2.23. The number of hydrogen-bond acceptors (Lipinski definition) is 3. The lowest BCUT2D eigenvalue weighted by Crippen LogP contribution is -2.10. The number of hydrogen-bond donors (Lipinski definition) is 0. The molecule has 0 saturated carbocycles. The Morgan fingerprint density at radius 1 is 0.217 bits per heavy atom. The third-order valence-electron chi connectivity index (χ3n) is 13.7. The van der Waals surface area contributed by atoms with Crippen molar-refractivity contribution in [2.24, 2.45) is 0 Å². The van der Waals surface area contributed by atoms with Crippen LogP contribution in [0.3, 0.4) is 0 Å². The summed E-state index contributed by atoms with van der Waals surface area (Å²) in [7, 11) is 0. The molecular formula is C63H40N6. The van der Waals surface area contributed by atoms with Gasteiger partial charge in [0.05, 0.1) is 50.2 Å². The summed E-state index contributed by atoms with van der Waals surface area (Å²) in [6.07, 6.45) is 0. The third-order valence-corrected chi connectivity index (χ3v) is 13.7. The van der Waals surface area contributed by atoms with Crippen LogP contribution in [0.25, 0.3) is 128 Å². The van der Waals surface area contributed by atoms with Crippen LogP contribution >= 0.6 is 0 Å². The second-order valence-electron chi connectivity index (χ2n) is 17.6. The van der Waals surface area contributed by atoms with Crippen LogP contribution in [0.15, 0.2) is 243 Å². The van der Waals surface area contributed by atoms with Crippen molar-refractivity contribution in [1.29, 1.82) is 0 Å². The van der Waals surface area contributed by atoms with Crippen molar-refractivity contribution in [2.45, 2.75) is 0 Å². The molecule has 4 aromatic heterocycles. The highest BCUT2D eigenvalue weighted by atomic mass is 15.1. The Labute approximate surface area is 397 Å². The first-order valence-electron chi connectivity index (χ1n) is 23.4. The van der Waals surface area contributed by atoms with E-state index in [0.29, 0.717) is 17.5 Å². The summed E-state index contributed by atoms with van der Waals surface area (Å²) in [5.74, 6) is 1.89. The van der Waals surface area contributed by atoms with Crippen LogP contribution in [0.5, 0.6) is 0 Å². The summed E-state index contributed by atoms with van der Waals surface area (Å²) in [4.78, 5) is 15.1. The molecule has 0 amide bonds. The van der Waals surface area contributed by atoms with Gasteiger partial charge in [-0.15, -0.1) is 0 Å². The second kappa shape index (κ2) is 15.6. The molecule has 0 radical (unpaired) electrons. The fraction of sp³-hybridized carbons (Fsp3) is 0. The minimum atomic E-state index is 0.618. The van der Waals surface area contributed by atoms with E-state index in [2.05, 4.69) is 196 Å². The zero-order valence-electron chi connectivity index (χ0n) is 37.3. The number of benzene rings is 10. The topological polar surface area (TPSA) is 53.5 Å². The number of fused-ring (bicyclic) bond motifs is 9. The summed E-state index contributed by atoms with van der Waals surface area (Å²) < 4.78 is 7.48. The van der Waals surface area contributed by atoms with Crippen LogP contribution in [0.2, 0.25) is 0 Å². The Hall–Kier alpha value is -9.39. The van der Waals surface area contributed by atoms with Gasteiger partial charge in [-0.3, -0.25) is 0 Å². The van der Waals surface area contributed by atoms with E-state index in [1.807, 2.05) is 60.7 Å². The SMILES string of the molecule is c1ccc(-c2nc(-c3ccccc3)nc(-c3ccc(-c4cc(-n5c6ccccc6c6ccccc65)c(-n5c6ccccc6c6ccccc65)c(-n5c6ccccc6c6ccccc65)c4)cc3)n2)cc1. The Balaban J connectivity index is 1.09. The normalized spacial score (nSPS) is 11.8. The Morgan fingerprint density at radius 2 is 0.478 bits per heavy atom. The summed E-state index contributed by atoms with van der Waals surface area (Å²) in [5, 5.41) is 7.23. The Bertz CT molecular complexity index is 3940. The number of nitrogens with zero attached hydrogens (tertiary/aromatic N) is 6. The molecule has 14 rings (SSSR count). The predicted molar refractivity (Wildman–Crippen MR) is 285 cm³/mol. The number of aromatic nitrogens is 6. The van der Waals surface area contributed by atoms with E-state index in [4.69, 9.17) is 15.0 Å². The van der Waals surface area contributed by atoms with Gasteiger partial charge >= 0.3 is 0 Å². The molecule has 0 atom stereocenters. The molecule has 69 heavy (non-hydrogen) atoms. The van der Waals surface area contributed by atoms with Gasteiger partial charge in [-0.2, -0.15) is 0 Å². The van der Waals surface area contributed by atoms with Crippen molar-refractivity contribution in [3.05, 3.63) is 243 Å². The maximum atomic E-state index is 5.07. The van der Waals surface area contributed by atoms with Crippen LogP contribution in [0, 0.1) is 0 Å². The molecule has 0 unspecified atom stereocenters. The third kappa shape index (κ3) is 6.16. The largest absolute Gasteiger partial charge is 0.307 e. The van der Waals surface area contributed by atoms with Crippen molar-refractivity contribution < 1.29 is 0 Å². The van der Waals surface area contributed by atoms with Crippen LogP contribution in [-0.4, -0.2) is 28.7 Å². The van der Waals surface area contributed by atoms with Crippen molar-refractivity contribution in [1.82, 2.24) is 28.7 Å². The van der Waals surface area contributed by atoms with E-state index in [1.54, 1.807) is 0 Å². The maximum absolute atomic E-state index is 5.07. The molecule has 0 aliphatic heterocycles. The van der Waals surface area contributed by atoms with E-state index < -0.39 is 0 Å². The van der Waals surface area contributed by atoms with Gasteiger partial charge in [0.1, 0.15) is 0 Å². The standard InChI is InChI=1S/C63H40N6/c1-3-19-42(20-4-1)61-64-62(43-21-5-2-6-22-43)66-63(65-61)44-37-35-41(36-38-44)45-39-58(67-52-29-13-7-23-46(52)47-24-8-14-30-53(47)67)60(69-56-33-17-11-27-50(56)51-28-12-18-34-57(51)69)59(40-45)68-54-31-15-9-25-48(54)49-26-10-16-32-55(49)68/h1-40H. The van der Waals surface area contributed by atoms with Crippen molar-refractivity contribution in [3.8, 4) is 62.4 Å². The predicted octanol–water partition coefficient (Wildman–Crippen LogP) is 15.8. The van der Waals surface area contributed by atoms with Gasteiger partial charge in [0.25, 0.3) is 0 Å². The van der Waals surface area contributed by atoms with Crippen LogP contribution < -0.4 is 0 Å². The zero-order valence-corrected chi connectivity index (χ0v) is 37.3. The monoisotopic (exact) mass is 880 g/mol. The molecule has 0 bridgehead atoms. The van der Waals surface area contributed by atoms with E-state index in [9.17, 15) is 0 Å². The highest BCUT2D eigenvalue weighted by Gasteiger charge is 2.26. The average Bonchev–Trinajstić information content (AvgIpc) is 4.07. The molecule has 0 N–H and O–H groups in total. The van der Waals surface area contributed by atoms with Gasteiger partial charge in [-0.05, 0) is 59.7 Å². The van der Waals surface area contributed by atoms with Gasteiger partial charge < -0.3 is 13.7 Å². The van der Waals surface area contributed by atoms with E-state index in [-0.39, 0.29) is 0 Å². The van der Waals surface area contributed by atoms with Crippen molar-refractivity contribution >= 4 is 65.4 Å². The van der Waals surface area contributed by atoms with Crippen LogP contribution in [-0.2, 0) is 0 Å². The zero-order chi connectivity index (χ0) is 45.4. The molecule has 0 spiro atoms. The second-order valence-corrected chi connectivity index (χ2v) is 17.6. The minimum absolute atomic E-state index is 0.618. The van der Waals surface area contributed by atoms with E-state index >= 15 is 0 Å². The first kappa shape index (κ1) is 38.8. The lowest BCUT2D eigenvalue weighted by atomic mass is 10.00. The highest BCUT2D eigenvalue weighted by molar-refractivity contribution is 6.14. The van der Waals surface area contributed by atoms with Crippen molar-refractivity contribution in [2.75, 3.05) is 0 Å². The summed E-state index contributed by atoms with van der Waals surface area (Å²) >= 11 is 0. The fourth-order valence-corrected chi connectivity index (χ4v) is 10.6. The summed E-state index contributed by atoms with van der Waals surface area (Å²) in [6, 6.07) is 86.7. The summed E-state index contributed by atoms with van der Waals surface area (Å²) in [6.45, 7) is 0. The number of rotatable bonds is 7. The van der Waals surface area contributed by atoms with Gasteiger partial charge in [0, 0.05) is 49.0 Å². The maximum Gasteiger partial charge on any atom is 0.164 e. The first-order chi connectivity index (χ1) is 34.2. The molecule has 4 heterocycles. The molecule has 14 aromatic rings. The molecular weight excluding hydrogens is 841 g/mol. The van der Waals surface area contributed by atoms with Gasteiger partial charge in [-0.1, -0.05) is 194 Å². The molecule has 322 valence electrons. The molecule has 0 saturated heterocycles. The quantitative estimate of drug-likeness (QED) is 0.160. The van der Waals surface area contributed by atoms with E-state index in [0.717, 1.165) is 78.0 Å². The van der Waals surface area contributed by atoms with E-state index in [1.165, 1.54) is 32.3 Å². The molecule has 0 aliphatic carbocycles.